The molecule has 0 atom stereocenters. The first-order valence-corrected chi connectivity index (χ1v) is 8.37. The number of aromatic hydroxyl groups is 1. The number of halogens is 1. The highest BCUT2D eigenvalue weighted by Gasteiger charge is 2.13. The number of aromatic nitrogens is 1. The Balaban J connectivity index is 1.77. The van der Waals surface area contributed by atoms with Crippen LogP contribution in [-0.2, 0) is 11.2 Å². The Labute approximate surface area is 160 Å². The molecule has 0 saturated carbocycles. The van der Waals surface area contributed by atoms with Crippen LogP contribution in [0.15, 0.2) is 60.8 Å². The molecule has 3 rings (SSSR count). The number of carbonyl (C=O) groups excluding carboxylic acids is 1. The van der Waals surface area contributed by atoms with Crippen LogP contribution in [0.3, 0.4) is 0 Å². The first-order valence-electron chi connectivity index (χ1n) is 7.99. The molecule has 1 aromatic heterocycles. The van der Waals surface area contributed by atoms with Crippen molar-refractivity contribution >= 4 is 29.2 Å². The Kier molecular flexibility index (Phi) is 5.38. The van der Waals surface area contributed by atoms with Gasteiger partial charge in [-0.1, -0.05) is 35.9 Å². The van der Waals surface area contributed by atoms with Crippen LogP contribution in [0, 0.1) is 0 Å². The van der Waals surface area contributed by atoms with E-state index < -0.39 is 5.97 Å². The highest BCUT2D eigenvalue weighted by atomic mass is 35.5. The molecule has 0 unspecified atom stereocenters. The third-order valence-electron chi connectivity index (χ3n) is 3.86. The Hall–Kier alpha value is -3.38. The van der Waals surface area contributed by atoms with Crippen molar-refractivity contribution in [1.29, 1.82) is 0 Å². The number of carbonyl (C=O) groups is 2. The Morgan fingerprint density at radius 3 is 2.56 bits per heavy atom. The van der Waals surface area contributed by atoms with Gasteiger partial charge in [0.05, 0.1) is 17.7 Å². The summed E-state index contributed by atoms with van der Waals surface area (Å²) in [6, 6.07) is 14.7. The molecule has 1 amide bonds. The lowest BCUT2D eigenvalue weighted by molar-refractivity contribution is -0.115. The van der Waals surface area contributed by atoms with Crippen molar-refractivity contribution in [2.24, 2.45) is 0 Å². The molecule has 3 aromatic rings. The van der Waals surface area contributed by atoms with Crippen molar-refractivity contribution < 1.29 is 19.8 Å². The lowest BCUT2D eigenvalue weighted by Crippen LogP contribution is -2.16. The summed E-state index contributed by atoms with van der Waals surface area (Å²) < 4.78 is 0. The van der Waals surface area contributed by atoms with E-state index in [2.05, 4.69) is 10.3 Å². The van der Waals surface area contributed by atoms with Crippen molar-refractivity contribution in [2.75, 3.05) is 5.32 Å². The van der Waals surface area contributed by atoms with Gasteiger partial charge < -0.3 is 15.5 Å². The fraction of sp³-hybridized carbons (Fsp3) is 0.0500. The summed E-state index contributed by atoms with van der Waals surface area (Å²) in [5.41, 5.74) is 2.52. The summed E-state index contributed by atoms with van der Waals surface area (Å²) in [6.07, 6.45) is 1.60. The summed E-state index contributed by atoms with van der Waals surface area (Å²) in [5, 5.41) is 21.4. The van der Waals surface area contributed by atoms with Crippen molar-refractivity contribution in [3.63, 3.8) is 0 Å². The third-order valence-corrected chi connectivity index (χ3v) is 4.09. The highest BCUT2D eigenvalue weighted by molar-refractivity contribution is 6.31. The number of carboxylic acid groups (broad SMARTS) is 1. The molecule has 0 radical (unpaired) electrons. The van der Waals surface area contributed by atoms with Gasteiger partial charge in [-0.05, 0) is 35.4 Å². The molecule has 7 heteroatoms. The van der Waals surface area contributed by atoms with Crippen LogP contribution < -0.4 is 5.32 Å². The number of pyridine rings is 1. The van der Waals surface area contributed by atoms with Gasteiger partial charge in [-0.3, -0.25) is 4.79 Å². The molecule has 0 aliphatic heterocycles. The van der Waals surface area contributed by atoms with Crippen molar-refractivity contribution in [2.45, 2.75) is 6.42 Å². The zero-order chi connectivity index (χ0) is 19.4. The number of amides is 1. The van der Waals surface area contributed by atoms with Gasteiger partial charge in [-0.15, -0.1) is 0 Å². The van der Waals surface area contributed by atoms with Crippen molar-refractivity contribution in [3.8, 4) is 17.0 Å². The second kappa shape index (κ2) is 7.88. The maximum atomic E-state index is 12.4. The van der Waals surface area contributed by atoms with Gasteiger partial charge in [0.15, 0.2) is 0 Å². The van der Waals surface area contributed by atoms with Gasteiger partial charge in [0.1, 0.15) is 0 Å². The number of carboxylic acids is 1. The molecule has 2 aromatic carbocycles. The maximum absolute atomic E-state index is 12.4. The maximum Gasteiger partial charge on any atom is 0.337 e. The molecule has 0 bridgehead atoms. The van der Waals surface area contributed by atoms with Crippen molar-refractivity contribution in [3.05, 3.63) is 76.9 Å². The summed E-state index contributed by atoms with van der Waals surface area (Å²) >= 11 is 5.90. The quantitative estimate of drug-likeness (QED) is 0.619. The van der Waals surface area contributed by atoms with Gasteiger partial charge in [-0.2, -0.15) is 0 Å². The van der Waals surface area contributed by atoms with Crippen molar-refractivity contribution in [1.82, 2.24) is 4.98 Å². The molecule has 0 aliphatic rings. The van der Waals surface area contributed by atoms with Crippen LogP contribution in [-0.4, -0.2) is 27.1 Å². The van der Waals surface area contributed by atoms with E-state index in [0.29, 0.717) is 5.02 Å². The normalized spacial score (nSPS) is 10.4. The van der Waals surface area contributed by atoms with E-state index >= 15 is 0 Å². The molecule has 0 aliphatic carbocycles. The van der Waals surface area contributed by atoms with Gasteiger partial charge in [0.2, 0.25) is 11.8 Å². The van der Waals surface area contributed by atoms with Gasteiger partial charge in [-0.25, -0.2) is 9.78 Å². The van der Waals surface area contributed by atoms with Gasteiger partial charge >= 0.3 is 5.97 Å². The molecule has 6 nitrogen and oxygen atoms in total. The Bertz CT molecular complexity index is 1000. The SMILES string of the molecule is O=C(Cc1cccc(-c2ccc(O)nc2)c1)Nc1cc(Cl)ccc1C(=O)O. The van der Waals surface area contributed by atoms with Gasteiger partial charge in [0, 0.05) is 22.8 Å². The minimum atomic E-state index is -1.15. The van der Waals surface area contributed by atoms with E-state index in [1.807, 2.05) is 18.2 Å². The highest BCUT2D eigenvalue weighted by Crippen LogP contribution is 2.23. The molecule has 0 spiro atoms. The van der Waals surface area contributed by atoms with Crippen LogP contribution in [0.2, 0.25) is 5.02 Å². The number of nitrogens with one attached hydrogen (secondary N) is 1. The van der Waals surface area contributed by atoms with Crippen LogP contribution in [0.5, 0.6) is 5.88 Å². The monoisotopic (exact) mass is 382 g/mol. The number of hydrogen-bond donors (Lipinski definition) is 3. The van der Waals surface area contributed by atoms with Crippen LogP contribution in [0.1, 0.15) is 15.9 Å². The average Bonchev–Trinajstić information content (AvgIpc) is 2.62. The zero-order valence-corrected chi connectivity index (χ0v) is 14.8. The fourth-order valence-corrected chi connectivity index (χ4v) is 2.78. The second-order valence-corrected chi connectivity index (χ2v) is 6.26. The topological polar surface area (TPSA) is 99.5 Å². The lowest BCUT2D eigenvalue weighted by atomic mass is 10.0. The summed E-state index contributed by atoms with van der Waals surface area (Å²) in [7, 11) is 0. The first-order chi connectivity index (χ1) is 12.9. The minimum Gasteiger partial charge on any atom is -0.493 e. The largest absolute Gasteiger partial charge is 0.493 e. The molecule has 0 saturated heterocycles. The van der Waals surface area contributed by atoms with Gasteiger partial charge in [0.25, 0.3) is 0 Å². The number of aromatic carboxylic acids is 1. The Morgan fingerprint density at radius 2 is 1.85 bits per heavy atom. The first kappa shape index (κ1) is 18.4. The van der Waals surface area contributed by atoms with Crippen LogP contribution in [0.25, 0.3) is 11.1 Å². The molecule has 136 valence electrons. The number of rotatable bonds is 5. The fourth-order valence-electron chi connectivity index (χ4n) is 2.60. The predicted octanol–water partition coefficient (Wildman–Crippen LogP) is 3.99. The Morgan fingerprint density at radius 1 is 1.04 bits per heavy atom. The molecular weight excluding hydrogens is 368 g/mol. The molecular formula is C20H15ClN2O4. The van der Waals surface area contributed by atoms with Crippen LogP contribution >= 0.6 is 11.6 Å². The predicted molar refractivity (Wildman–Crippen MR) is 102 cm³/mol. The second-order valence-electron chi connectivity index (χ2n) is 5.83. The number of nitrogens with zero attached hydrogens (tertiary/aromatic N) is 1. The number of anilines is 1. The van der Waals surface area contributed by atoms with E-state index in [1.165, 1.54) is 24.3 Å². The van der Waals surface area contributed by atoms with E-state index in [0.717, 1.165) is 16.7 Å². The number of hydrogen-bond acceptors (Lipinski definition) is 4. The summed E-state index contributed by atoms with van der Waals surface area (Å²) in [5.74, 6) is -1.57. The zero-order valence-electron chi connectivity index (χ0n) is 14.0. The third kappa shape index (κ3) is 4.62. The van der Waals surface area contributed by atoms with E-state index in [1.54, 1.807) is 18.3 Å². The van der Waals surface area contributed by atoms with E-state index in [4.69, 9.17) is 11.6 Å². The lowest BCUT2D eigenvalue weighted by Gasteiger charge is -2.10. The smallest absolute Gasteiger partial charge is 0.337 e. The summed E-state index contributed by atoms with van der Waals surface area (Å²) in [4.78, 5) is 27.5. The molecule has 27 heavy (non-hydrogen) atoms. The van der Waals surface area contributed by atoms with E-state index in [9.17, 15) is 19.8 Å². The van der Waals surface area contributed by atoms with E-state index in [-0.39, 0.29) is 29.5 Å². The summed E-state index contributed by atoms with van der Waals surface area (Å²) in [6.45, 7) is 0. The molecule has 0 fully saturated rings. The number of benzene rings is 2. The minimum absolute atomic E-state index is 0.0309. The molecule has 1 heterocycles. The average molecular weight is 383 g/mol. The molecule has 3 N–H and O–H groups in total. The standard InChI is InChI=1S/C20H15ClN2O4/c21-15-5-6-16(20(26)27)17(10-15)23-19(25)9-12-2-1-3-13(8-12)14-4-7-18(24)22-11-14/h1-8,10-11H,9H2,(H,22,24)(H,23,25)(H,26,27). The van der Waals surface area contributed by atoms with Crippen LogP contribution in [0.4, 0.5) is 5.69 Å².